The van der Waals surface area contributed by atoms with E-state index in [1.807, 2.05) is 0 Å². The fourth-order valence-electron chi connectivity index (χ4n) is 1.52. The molecule has 1 nitrogen and oxygen atoms in total. The van der Waals surface area contributed by atoms with Crippen LogP contribution in [0.3, 0.4) is 0 Å². The highest BCUT2D eigenvalue weighted by atomic mass is 14.8. The van der Waals surface area contributed by atoms with Crippen LogP contribution in [-0.2, 0) is 0 Å². The van der Waals surface area contributed by atoms with Crippen molar-refractivity contribution in [3.63, 3.8) is 0 Å². The summed E-state index contributed by atoms with van der Waals surface area (Å²) < 4.78 is 0. The Balaban J connectivity index is 2.05. The predicted octanol–water partition coefficient (Wildman–Crippen LogP) is 2.34. The first-order chi connectivity index (χ1) is 5.43. The Hall–Kier alpha value is -0.300. The Bertz CT molecular complexity index is 118. The highest BCUT2D eigenvalue weighted by Crippen LogP contribution is 2.15. The van der Waals surface area contributed by atoms with Crippen molar-refractivity contribution in [2.24, 2.45) is 5.92 Å². The van der Waals surface area contributed by atoms with Crippen molar-refractivity contribution in [2.75, 3.05) is 13.1 Å². The zero-order valence-electron chi connectivity index (χ0n) is 7.47. The van der Waals surface area contributed by atoms with Gasteiger partial charge in [0.15, 0.2) is 0 Å². The zero-order chi connectivity index (χ0) is 7.94. The monoisotopic (exact) mass is 153 g/mol. The summed E-state index contributed by atoms with van der Waals surface area (Å²) in [6, 6.07) is 0. The first kappa shape index (κ1) is 8.79. The molecule has 0 saturated carbocycles. The van der Waals surface area contributed by atoms with E-state index in [2.05, 4.69) is 24.4 Å². The number of rotatable bonds is 4. The molecule has 0 aromatic rings. The van der Waals surface area contributed by atoms with Gasteiger partial charge < -0.3 is 5.32 Å². The lowest BCUT2D eigenvalue weighted by molar-refractivity contribution is 0.493. The van der Waals surface area contributed by atoms with Gasteiger partial charge >= 0.3 is 0 Å². The van der Waals surface area contributed by atoms with Gasteiger partial charge in [0.05, 0.1) is 0 Å². The van der Waals surface area contributed by atoms with E-state index in [0.29, 0.717) is 0 Å². The molecule has 1 N–H and O–H groups in total. The molecular formula is C10H19N. The SMILES string of the molecule is CCCNCC1C=CCCC1. The van der Waals surface area contributed by atoms with Crippen LogP contribution in [0, 0.1) is 5.92 Å². The van der Waals surface area contributed by atoms with Crippen molar-refractivity contribution < 1.29 is 0 Å². The van der Waals surface area contributed by atoms with Gasteiger partial charge in [-0.1, -0.05) is 19.1 Å². The Morgan fingerprint density at radius 2 is 2.45 bits per heavy atom. The van der Waals surface area contributed by atoms with E-state index in [0.717, 1.165) is 5.92 Å². The lowest BCUT2D eigenvalue weighted by Gasteiger charge is -2.16. The molecule has 0 radical (unpaired) electrons. The quantitative estimate of drug-likeness (QED) is 0.483. The third-order valence-electron chi connectivity index (χ3n) is 2.19. The molecule has 1 unspecified atom stereocenters. The maximum absolute atomic E-state index is 3.45. The number of allylic oxidation sites excluding steroid dienone is 1. The normalized spacial score (nSPS) is 23.9. The van der Waals surface area contributed by atoms with Gasteiger partial charge in [-0.05, 0) is 38.1 Å². The van der Waals surface area contributed by atoms with Crippen LogP contribution in [0.1, 0.15) is 32.6 Å². The maximum atomic E-state index is 3.45. The fraction of sp³-hybridized carbons (Fsp3) is 0.800. The summed E-state index contributed by atoms with van der Waals surface area (Å²) in [5.74, 6) is 0.815. The third kappa shape index (κ3) is 3.57. The van der Waals surface area contributed by atoms with Gasteiger partial charge in [0.2, 0.25) is 0 Å². The molecule has 0 saturated heterocycles. The van der Waals surface area contributed by atoms with Gasteiger partial charge in [0.25, 0.3) is 0 Å². The highest BCUT2D eigenvalue weighted by Gasteiger charge is 2.06. The minimum absolute atomic E-state index is 0.815. The molecule has 0 fully saturated rings. The van der Waals surface area contributed by atoms with E-state index in [4.69, 9.17) is 0 Å². The Labute approximate surface area is 69.9 Å². The van der Waals surface area contributed by atoms with Gasteiger partial charge in [0, 0.05) is 6.54 Å². The van der Waals surface area contributed by atoms with Crippen LogP contribution >= 0.6 is 0 Å². The van der Waals surface area contributed by atoms with Crippen LogP contribution < -0.4 is 5.32 Å². The molecule has 64 valence electrons. The molecule has 1 aliphatic carbocycles. The molecule has 11 heavy (non-hydrogen) atoms. The number of hydrogen-bond acceptors (Lipinski definition) is 1. The first-order valence-electron chi connectivity index (χ1n) is 4.81. The summed E-state index contributed by atoms with van der Waals surface area (Å²) in [6.07, 6.45) is 10.00. The second-order valence-electron chi connectivity index (χ2n) is 3.32. The molecule has 0 spiro atoms. The van der Waals surface area contributed by atoms with Gasteiger partial charge in [-0.25, -0.2) is 0 Å². The third-order valence-corrected chi connectivity index (χ3v) is 2.19. The van der Waals surface area contributed by atoms with Gasteiger partial charge in [-0.3, -0.25) is 0 Å². The molecule has 0 amide bonds. The van der Waals surface area contributed by atoms with E-state index < -0.39 is 0 Å². The molecule has 1 heteroatoms. The van der Waals surface area contributed by atoms with Gasteiger partial charge in [-0.2, -0.15) is 0 Å². The molecule has 0 aromatic heterocycles. The second kappa shape index (κ2) is 5.36. The van der Waals surface area contributed by atoms with Crippen LogP contribution in [0.5, 0.6) is 0 Å². The maximum Gasteiger partial charge on any atom is 0.00142 e. The van der Waals surface area contributed by atoms with E-state index in [9.17, 15) is 0 Å². The van der Waals surface area contributed by atoms with Crippen molar-refractivity contribution in [3.05, 3.63) is 12.2 Å². The van der Waals surface area contributed by atoms with Crippen molar-refractivity contribution in [1.82, 2.24) is 5.32 Å². The van der Waals surface area contributed by atoms with Gasteiger partial charge in [-0.15, -0.1) is 0 Å². The van der Waals surface area contributed by atoms with Crippen LogP contribution in [0.25, 0.3) is 0 Å². The Morgan fingerprint density at radius 1 is 1.55 bits per heavy atom. The largest absolute Gasteiger partial charge is 0.316 e. The number of nitrogens with one attached hydrogen (secondary N) is 1. The number of hydrogen-bond donors (Lipinski definition) is 1. The summed E-state index contributed by atoms with van der Waals surface area (Å²) >= 11 is 0. The predicted molar refractivity (Wildman–Crippen MR) is 49.6 cm³/mol. The van der Waals surface area contributed by atoms with E-state index in [1.54, 1.807) is 0 Å². The first-order valence-corrected chi connectivity index (χ1v) is 4.81. The van der Waals surface area contributed by atoms with Crippen molar-refractivity contribution in [1.29, 1.82) is 0 Å². The molecule has 0 bridgehead atoms. The van der Waals surface area contributed by atoms with E-state index in [-0.39, 0.29) is 0 Å². The second-order valence-corrected chi connectivity index (χ2v) is 3.32. The molecule has 0 aliphatic heterocycles. The zero-order valence-corrected chi connectivity index (χ0v) is 7.47. The summed E-state index contributed by atoms with van der Waals surface area (Å²) in [7, 11) is 0. The lowest BCUT2D eigenvalue weighted by Crippen LogP contribution is -2.23. The summed E-state index contributed by atoms with van der Waals surface area (Å²) in [4.78, 5) is 0. The van der Waals surface area contributed by atoms with Crippen molar-refractivity contribution in [3.8, 4) is 0 Å². The standard InChI is InChI=1S/C10H19N/c1-2-8-11-9-10-6-4-3-5-7-10/h4,6,10-11H,2-3,5,7-9H2,1H3. The van der Waals surface area contributed by atoms with Gasteiger partial charge in [0.1, 0.15) is 0 Å². The van der Waals surface area contributed by atoms with Crippen LogP contribution in [-0.4, -0.2) is 13.1 Å². The molecule has 1 atom stereocenters. The average molecular weight is 153 g/mol. The van der Waals surface area contributed by atoms with Crippen molar-refractivity contribution >= 4 is 0 Å². The molecule has 0 heterocycles. The summed E-state index contributed by atoms with van der Waals surface area (Å²) in [5, 5.41) is 3.45. The molecule has 1 rings (SSSR count). The Kier molecular flexibility index (Phi) is 4.29. The molecule has 0 aromatic carbocycles. The topological polar surface area (TPSA) is 12.0 Å². The minimum atomic E-state index is 0.815. The van der Waals surface area contributed by atoms with Crippen LogP contribution in [0.4, 0.5) is 0 Å². The van der Waals surface area contributed by atoms with Crippen molar-refractivity contribution in [2.45, 2.75) is 32.6 Å². The smallest absolute Gasteiger partial charge is 0.00142 e. The van der Waals surface area contributed by atoms with Crippen LogP contribution in [0.15, 0.2) is 12.2 Å². The van der Waals surface area contributed by atoms with E-state index in [1.165, 1.54) is 38.8 Å². The molecular weight excluding hydrogens is 134 g/mol. The highest BCUT2D eigenvalue weighted by molar-refractivity contribution is 4.93. The summed E-state index contributed by atoms with van der Waals surface area (Å²) in [6.45, 7) is 4.57. The van der Waals surface area contributed by atoms with Crippen LogP contribution in [0.2, 0.25) is 0 Å². The average Bonchev–Trinajstić information content (AvgIpc) is 2.07. The minimum Gasteiger partial charge on any atom is -0.316 e. The Morgan fingerprint density at radius 3 is 3.09 bits per heavy atom. The molecule has 1 aliphatic rings. The summed E-state index contributed by atoms with van der Waals surface area (Å²) in [5.41, 5.74) is 0. The lowest BCUT2D eigenvalue weighted by atomic mass is 9.96. The fourth-order valence-corrected chi connectivity index (χ4v) is 1.52. The van der Waals surface area contributed by atoms with E-state index >= 15 is 0 Å².